The van der Waals surface area contributed by atoms with Crippen molar-refractivity contribution < 1.29 is 23.1 Å². The van der Waals surface area contributed by atoms with E-state index in [-0.39, 0.29) is 46.4 Å². The van der Waals surface area contributed by atoms with E-state index in [1.807, 2.05) is 13.8 Å². The summed E-state index contributed by atoms with van der Waals surface area (Å²) >= 11 is 0. The van der Waals surface area contributed by atoms with E-state index < -0.39 is 22.2 Å². The number of ether oxygens (including phenoxy) is 2. The summed E-state index contributed by atoms with van der Waals surface area (Å²) in [4.78, 5) is 12.8. The summed E-state index contributed by atoms with van der Waals surface area (Å²) in [6, 6.07) is 0. The van der Waals surface area contributed by atoms with Crippen LogP contribution in [0.15, 0.2) is 47.1 Å². The molecular formula is C43H76O5Si2. The van der Waals surface area contributed by atoms with Gasteiger partial charge in [-0.3, -0.25) is 0 Å². The molecule has 3 aliphatic carbocycles. The Bertz CT molecular complexity index is 1290. The normalized spacial score (nSPS) is 27.8. The molecule has 286 valence electrons. The van der Waals surface area contributed by atoms with Gasteiger partial charge >= 0.3 is 5.97 Å². The average molecular weight is 729 g/mol. The summed E-state index contributed by atoms with van der Waals surface area (Å²) < 4.78 is 26.2. The van der Waals surface area contributed by atoms with Gasteiger partial charge in [0, 0.05) is 6.42 Å². The van der Waals surface area contributed by atoms with Crippen molar-refractivity contribution in [1.82, 2.24) is 0 Å². The summed E-state index contributed by atoms with van der Waals surface area (Å²) in [6.45, 7) is 38.7. The zero-order valence-electron chi connectivity index (χ0n) is 35.1. The summed E-state index contributed by atoms with van der Waals surface area (Å²) in [5, 5.41) is 0.271. The first-order chi connectivity index (χ1) is 22.8. The van der Waals surface area contributed by atoms with E-state index in [2.05, 4.69) is 113 Å². The molecule has 0 aromatic carbocycles. The minimum Gasteiger partial charge on any atom is -0.458 e. The van der Waals surface area contributed by atoms with Gasteiger partial charge in [-0.25, -0.2) is 4.79 Å². The number of rotatable bonds is 14. The van der Waals surface area contributed by atoms with Gasteiger partial charge in [0.15, 0.2) is 16.6 Å². The first-order valence-electron chi connectivity index (χ1n) is 19.8. The van der Waals surface area contributed by atoms with Crippen LogP contribution in [0.2, 0.25) is 36.3 Å². The van der Waals surface area contributed by atoms with Crippen LogP contribution >= 0.6 is 0 Å². The van der Waals surface area contributed by atoms with Crippen LogP contribution < -0.4 is 0 Å². The highest BCUT2D eigenvalue weighted by Gasteiger charge is 2.47. The van der Waals surface area contributed by atoms with E-state index in [1.54, 1.807) is 0 Å². The molecule has 0 aromatic rings. The number of carbonyl (C=O) groups excluding carboxylic acids is 1. The molecule has 0 amide bonds. The summed E-state index contributed by atoms with van der Waals surface area (Å²) in [5.41, 5.74) is 4.83. The van der Waals surface area contributed by atoms with E-state index in [0.29, 0.717) is 5.92 Å². The molecule has 5 atom stereocenters. The predicted octanol–water partition coefficient (Wildman–Crippen LogP) is 12.4. The molecule has 0 spiro atoms. The zero-order chi connectivity index (χ0) is 37.9. The quantitative estimate of drug-likeness (QED) is 0.0771. The van der Waals surface area contributed by atoms with Gasteiger partial charge in [0.1, 0.15) is 12.2 Å². The number of esters is 1. The van der Waals surface area contributed by atoms with Crippen molar-refractivity contribution in [3.8, 4) is 0 Å². The van der Waals surface area contributed by atoms with Gasteiger partial charge in [-0.1, -0.05) is 98.6 Å². The van der Waals surface area contributed by atoms with Crippen molar-refractivity contribution in [3.63, 3.8) is 0 Å². The van der Waals surface area contributed by atoms with Crippen LogP contribution in [-0.4, -0.2) is 53.1 Å². The van der Waals surface area contributed by atoms with E-state index in [4.69, 9.17) is 18.3 Å². The summed E-state index contributed by atoms with van der Waals surface area (Å²) in [7, 11) is -3.99. The highest BCUT2D eigenvalue weighted by atomic mass is 28.4. The number of carbonyl (C=O) groups is 1. The summed E-state index contributed by atoms with van der Waals surface area (Å²) in [6.07, 6.45) is 17.6. The largest absolute Gasteiger partial charge is 0.458 e. The second kappa shape index (κ2) is 16.4. The molecule has 3 rings (SSSR count). The third-order valence-corrected chi connectivity index (χ3v) is 22.0. The Hall–Kier alpha value is -1.26. The van der Waals surface area contributed by atoms with Crippen LogP contribution in [0.1, 0.15) is 140 Å². The maximum Gasteiger partial charge on any atom is 0.332 e. The number of hydrogen-bond donors (Lipinski definition) is 0. The van der Waals surface area contributed by atoms with E-state index in [1.165, 1.54) is 16.7 Å². The molecule has 3 aliphatic rings. The molecule has 0 radical (unpaired) electrons. The molecule has 0 bridgehead atoms. The molecule has 0 heterocycles. The lowest BCUT2D eigenvalue weighted by atomic mass is 9.63. The molecule has 0 aromatic heterocycles. The van der Waals surface area contributed by atoms with Gasteiger partial charge in [-0.2, -0.15) is 0 Å². The Morgan fingerprint density at radius 3 is 2.22 bits per heavy atom. The van der Waals surface area contributed by atoms with Crippen molar-refractivity contribution in [2.45, 2.75) is 201 Å². The number of unbranched alkanes of at least 4 members (excludes halogenated alkanes) is 2. The van der Waals surface area contributed by atoms with Crippen LogP contribution in [0.5, 0.6) is 0 Å². The lowest BCUT2D eigenvalue weighted by Gasteiger charge is -2.45. The topological polar surface area (TPSA) is 54.0 Å². The maximum atomic E-state index is 12.8. The van der Waals surface area contributed by atoms with E-state index in [0.717, 1.165) is 69.8 Å². The Labute approximate surface area is 310 Å². The first-order valence-corrected chi connectivity index (χ1v) is 25.6. The van der Waals surface area contributed by atoms with Crippen LogP contribution in [0.25, 0.3) is 0 Å². The molecule has 0 unspecified atom stereocenters. The molecular weight excluding hydrogens is 653 g/mol. The van der Waals surface area contributed by atoms with E-state index in [9.17, 15) is 4.79 Å². The van der Waals surface area contributed by atoms with E-state index >= 15 is 0 Å². The average Bonchev–Trinajstić information content (AvgIpc) is 3.32. The Morgan fingerprint density at radius 2 is 1.62 bits per heavy atom. The van der Waals surface area contributed by atoms with Crippen molar-refractivity contribution >= 4 is 22.6 Å². The smallest absolute Gasteiger partial charge is 0.332 e. The van der Waals surface area contributed by atoms with Gasteiger partial charge in [0.05, 0.1) is 18.3 Å². The molecule has 0 N–H and O–H groups in total. The monoisotopic (exact) mass is 729 g/mol. The van der Waals surface area contributed by atoms with Gasteiger partial charge in [-0.05, 0) is 130 Å². The SMILES string of the molecule is C=C1C(=CC=C2CCC[C@]3(C)C([C@H](C)OCC(=O)OC(C)(C)CCCCC)=CC[C@@H]23)C[C@@H](O[Si](C)(C)C(C)(C)C)C[C@@H]1O[Si](C)(C)C(C)(C)C. The second-order valence-corrected chi connectivity index (χ2v) is 29.1. The second-order valence-electron chi connectivity index (χ2n) is 19.6. The fraction of sp³-hybridized carbons (Fsp3) is 0.791. The standard InChI is InChI=1S/C43H76O5Si2/c1-17-18-19-26-42(10,11)46-39(44)30-45-32(3)36-24-25-37-33(21-20-27-43(36,37)12)22-23-34-28-35(47-49(13,14)40(4,5)6)29-38(31(34)2)48-50(15,16)41(7,8)9/h22-24,32,35,37-38H,2,17-21,25-30H2,1,3-16H3/t32-,35+,37-,38-,43+/m0/s1. The predicted molar refractivity (Wildman–Crippen MR) is 217 cm³/mol. The Morgan fingerprint density at radius 1 is 1.00 bits per heavy atom. The minimum absolute atomic E-state index is 0.0103. The van der Waals surface area contributed by atoms with Crippen LogP contribution in [0.3, 0.4) is 0 Å². The third-order valence-electron chi connectivity index (χ3n) is 13.0. The number of fused-ring (bicyclic) bond motifs is 1. The highest BCUT2D eigenvalue weighted by Crippen LogP contribution is 2.56. The lowest BCUT2D eigenvalue weighted by Crippen LogP contribution is -2.49. The van der Waals surface area contributed by atoms with Gasteiger partial charge in [0.25, 0.3) is 0 Å². The third kappa shape index (κ3) is 10.7. The molecule has 2 fully saturated rings. The lowest BCUT2D eigenvalue weighted by molar-refractivity contribution is -0.163. The number of allylic oxidation sites excluding steroid dienone is 4. The van der Waals surface area contributed by atoms with Gasteiger partial charge in [-0.15, -0.1) is 0 Å². The van der Waals surface area contributed by atoms with Crippen molar-refractivity contribution in [2.24, 2.45) is 11.3 Å². The fourth-order valence-electron chi connectivity index (χ4n) is 7.72. The molecule has 0 saturated heterocycles. The van der Waals surface area contributed by atoms with Crippen LogP contribution in [-0.2, 0) is 23.1 Å². The Kier molecular flexibility index (Phi) is 14.2. The molecule has 0 aliphatic heterocycles. The fourth-order valence-corrected chi connectivity index (χ4v) is 10.4. The number of hydrogen-bond acceptors (Lipinski definition) is 5. The molecule has 7 heteroatoms. The molecule has 50 heavy (non-hydrogen) atoms. The molecule has 5 nitrogen and oxygen atoms in total. The van der Waals surface area contributed by atoms with Gasteiger partial charge < -0.3 is 18.3 Å². The summed E-state index contributed by atoms with van der Waals surface area (Å²) in [5.74, 6) is 0.169. The van der Waals surface area contributed by atoms with Crippen molar-refractivity contribution in [1.29, 1.82) is 0 Å². The van der Waals surface area contributed by atoms with Crippen LogP contribution in [0.4, 0.5) is 0 Å². The van der Waals surface area contributed by atoms with Gasteiger partial charge in [0.2, 0.25) is 0 Å². The molecule has 2 saturated carbocycles. The zero-order valence-corrected chi connectivity index (χ0v) is 37.1. The van der Waals surface area contributed by atoms with Crippen molar-refractivity contribution in [3.05, 3.63) is 47.1 Å². The minimum atomic E-state index is -2.02. The Balaban J connectivity index is 1.78. The maximum absolute atomic E-state index is 12.8. The highest BCUT2D eigenvalue weighted by molar-refractivity contribution is 6.74. The first kappa shape index (κ1) is 43.2. The van der Waals surface area contributed by atoms with Crippen LogP contribution in [0, 0.1) is 11.3 Å². The van der Waals surface area contributed by atoms with Crippen molar-refractivity contribution in [2.75, 3.05) is 6.61 Å².